The molecule has 0 fully saturated rings. The maximum Gasteiger partial charge on any atom is 0.230 e. The summed E-state index contributed by atoms with van der Waals surface area (Å²) in [6.45, 7) is 1.89. The summed E-state index contributed by atoms with van der Waals surface area (Å²) < 4.78 is 0. The molecule has 1 heterocycles. The molecule has 1 rings (SSSR count). The van der Waals surface area contributed by atoms with Gasteiger partial charge in [0.2, 0.25) is 5.91 Å². The standard InChI is InChI=1S/C9H12N2O/c1-8-5-7-11(2)9(12)4-3-6-10-8/h3,5-7H,4H2,1-2H3/b6-3-,7-5?,10-8?. The van der Waals surface area contributed by atoms with E-state index in [1.165, 1.54) is 0 Å². The molecular formula is C9H12N2O. The van der Waals surface area contributed by atoms with Crippen LogP contribution >= 0.6 is 0 Å². The van der Waals surface area contributed by atoms with Gasteiger partial charge in [-0.05, 0) is 13.0 Å². The molecule has 0 saturated carbocycles. The van der Waals surface area contributed by atoms with Gasteiger partial charge in [0.25, 0.3) is 0 Å². The van der Waals surface area contributed by atoms with Crippen molar-refractivity contribution >= 4 is 11.6 Å². The van der Waals surface area contributed by atoms with E-state index in [1.54, 1.807) is 30.4 Å². The largest absolute Gasteiger partial charge is 0.322 e. The zero-order valence-electron chi connectivity index (χ0n) is 7.32. The van der Waals surface area contributed by atoms with Crippen LogP contribution in [0.2, 0.25) is 0 Å². The topological polar surface area (TPSA) is 32.7 Å². The van der Waals surface area contributed by atoms with Crippen LogP contribution in [0.3, 0.4) is 0 Å². The number of rotatable bonds is 0. The van der Waals surface area contributed by atoms with Gasteiger partial charge in [-0.3, -0.25) is 9.79 Å². The first kappa shape index (κ1) is 8.71. The Labute approximate surface area is 72.1 Å². The SMILES string of the molecule is CC1=N/C=C\CC(=O)N(C)C=C1. The highest BCUT2D eigenvalue weighted by molar-refractivity contribution is 5.94. The molecule has 64 valence electrons. The van der Waals surface area contributed by atoms with Crippen LogP contribution in [-0.2, 0) is 4.79 Å². The first-order valence-corrected chi connectivity index (χ1v) is 3.83. The Bertz CT molecular complexity index is 264. The molecule has 0 unspecified atom stereocenters. The first-order valence-electron chi connectivity index (χ1n) is 3.83. The molecule has 3 nitrogen and oxygen atoms in total. The van der Waals surface area contributed by atoms with E-state index < -0.39 is 0 Å². The molecule has 0 bridgehead atoms. The van der Waals surface area contributed by atoms with E-state index in [1.807, 2.05) is 13.0 Å². The summed E-state index contributed by atoms with van der Waals surface area (Å²) in [5, 5.41) is 0. The Morgan fingerprint density at radius 2 is 2.33 bits per heavy atom. The fraction of sp³-hybridized carbons (Fsp3) is 0.333. The van der Waals surface area contributed by atoms with Crippen LogP contribution in [0, 0.1) is 0 Å². The highest BCUT2D eigenvalue weighted by atomic mass is 16.2. The van der Waals surface area contributed by atoms with E-state index >= 15 is 0 Å². The molecule has 0 saturated heterocycles. The predicted molar refractivity (Wildman–Crippen MR) is 48.8 cm³/mol. The molecule has 0 radical (unpaired) electrons. The van der Waals surface area contributed by atoms with Crippen LogP contribution in [-0.4, -0.2) is 23.6 Å². The summed E-state index contributed by atoms with van der Waals surface area (Å²) in [6, 6.07) is 0. The third-order valence-corrected chi connectivity index (χ3v) is 1.61. The molecule has 0 spiro atoms. The number of hydrogen-bond acceptors (Lipinski definition) is 2. The van der Waals surface area contributed by atoms with Crippen LogP contribution in [0.1, 0.15) is 13.3 Å². The minimum Gasteiger partial charge on any atom is -0.322 e. The molecule has 1 aliphatic heterocycles. The summed E-state index contributed by atoms with van der Waals surface area (Å²) in [5.41, 5.74) is 0.896. The summed E-state index contributed by atoms with van der Waals surface area (Å²) in [4.78, 5) is 16.8. The number of nitrogens with zero attached hydrogens (tertiary/aromatic N) is 2. The normalized spacial score (nSPS) is 21.0. The number of carbonyl (C=O) groups excluding carboxylic acids is 1. The quantitative estimate of drug-likeness (QED) is 0.531. The monoisotopic (exact) mass is 164 g/mol. The van der Waals surface area contributed by atoms with Crippen molar-refractivity contribution < 1.29 is 4.79 Å². The molecule has 0 aromatic rings. The van der Waals surface area contributed by atoms with Crippen molar-refractivity contribution in [2.45, 2.75) is 13.3 Å². The molecular weight excluding hydrogens is 152 g/mol. The maximum absolute atomic E-state index is 11.2. The van der Waals surface area contributed by atoms with E-state index in [2.05, 4.69) is 4.99 Å². The van der Waals surface area contributed by atoms with Crippen molar-refractivity contribution in [1.82, 2.24) is 4.90 Å². The third kappa shape index (κ3) is 2.34. The van der Waals surface area contributed by atoms with Crippen LogP contribution in [0.5, 0.6) is 0 Å². The number of carbonyl (C=O) groups is 1. The van der Waals surface area contributed by atoms with Gasteiger partial charge in [0, 0.05) is 31.6 Å². The molecule has 0 atom stereocenters. The number of hydrogen-bond donors (Lipinski definition) is 0. The zero-order chi connectivity index (χ0) is 8.97. The lowest BCUT2D eigenvalue weighted by atomic mass is 10.4. The molecule has 0 aromatic carbocycles. The van der Waals surface area contributed by atoms with Gasteiger partial charge < -0.3 is 4.90 Å². The van der Waals surface area contributed by atoms with E-state index in [-0.39, 0.29) is 5.91 Å². The second-order valence-corrected chi connectivity index (χ2v) is 2.68. The van der Waals surface area contributed by atoms with Crippen molar-refractivity contribution in [3.63, 3.8) is 0 Å². The molecule has 1 amide bonds. The number of amides is 1. The van der Waals surface area contributed by atoms with Crippen LogP contribution in [0.15, 0.2) is 29.5 Å². The van der Waals surface area contributed by atoms with Gasteiger partial charge in [0.1, 0.15) is 0 Å². The minimum absolute atomic E-state index is 0.0763. The van der Waals surface area contributed by atoms with Crippen LogP contribution in [0.25, 0.3) is 0 Å². The number of allylic oxidation sites excluding steroid dienone is 1. The summed E-state index contributed by atoms with van der Waals surface area (Å²) in [6.07, 6.45) is 7.38. The lowest BCUT2D eigenvalue weighted by molar-refractivity contribution is -0.126. The zero-order valence-corrected chi connectivity index (χ0v) is 7.32. The number of aliphatic imine (C=N–C) groups is 1. The average molecular weight is 164 g/mol. The Morgan fingerprint density at radius 3 is 3.08 bits per heavy atom. The van der Waals surface area contributed by atoms with Crippen molar-refractivity contribution in [1.29, 1.82) is 0 Å². The minimum atomic E-state index is 0.0763. The van der Waals surface area contributed by atoms with Gasteiger partial charge in [-0.25, -0.2) is 0 Å². The van der Waals surface area contributed by atoms with E-state index in [0.717, 1.165) is 5.71 Å². The molecule has 0 aromatic heterocycles. The highest BCUT2D eigenvalue weighted by Crippen LogP contribution is 1.97. The summed E-state index contributed by atoms with van der Waals surface area (Å²) in [5.74, 6) is 0.0763. The first-order chi connectivity index (χ1) is 5.70. The van der Waals surface area contributed by atoms with Crippen molar-refractivity contribution in [2.75, 3.05) is 7.05 Å². The average Bonchev–Trinajstić information content (AvgIpc) is 2.11. The Balaban J connectivity index is 2.83. The van der Waals surface area contributed by atoms with Crippen molar-refractivity contribution in [3.8, 4) is 0 Å². The molecule has 0 aliphatic carbocycles. The molecule has 3 heteroatoms. The van der Waals surface area contributed by atoms with E-state index in [9.17, 15) is 4.79 Å². The highest BCUT2D eigenvalue weighted by Gasteiger charge is 2.02. The molecule has 12 heavy (non-hydrogen) atoms. The lowest BCUT2D eigenvalue weighted by Crippen LogP contribution is -2.19. The van der Waals surface area contributed by atoms with Crippen LogP contribution < -0.4 is 0 Å². The fourth-order valence-electron chi connectivity index (χ4n) is 0.814. The Hall–Kier alpha value is -1.38. The molecule has 1 aliphatic rings. The predicted octanol–water partition coefficient (Wildman–Crippen LogP) is 1.34. The van der Waals surface area contributed by atoms with Crippen molar-refractivity contribution in [2.24, 2.45) is 4.99 Å². The smallest absolute Gasteiger partial charge is 0.230 e. The van der Waals surface area contributed by atoms with Crippen molar-refractivity contribution in [3.05, 3.63) is 24.6 Å². The Morgan fingerprint density at radius 1 is 1.58 bits per heavy atom. The second kappa shape index (κ2) is 3.85. The van der Waals surface area contributed by atoms with Gasteiger partial charge in [0.05, 0.1) is 0 Å². The van der Waals surface area contributed by atoms with Gasteiger partial charge in [-0.1, -0.05) is 6.08 Å². The lowest BCUT2D eigenvalue weighted by Gasteiger charge is -2.08. The van der Waals surface area contributed by atoms with E-state index in [0.29, 0.717) is 6.42 Å². The van der Waals surface area contributed by atoms with Gasteiger partial charge in [-0.15, -0.1) is 0 Å². The summed E-state index contributed by atoms with van der Waals surface area (Å²) >= 11 is 0. The maximum atomic E-state index is 11.2. The van der Waals surface area contributed by atoms with Gasteiger partial charge in [-0.2, -0.15) is 0 Å². The van der Waals surface area contributed by atoms with Gasteiger partial charge in [0.15, 0.2) is 0 Å². The summed E-state index contributed by atoms with van der Waals surface area (Å²) in [7, 11) is 1.74. The Kier molecular flexibility index (Phi) is 2.80. The molecule has 0 N–H and O–H groups in total. The van der Waals surface area contributed by atoms with Gasteiger partial charge >= 0.3 is 0 Å². The third-order valence-electron chi connectivity index (χ3n) is 1.61. The van der Waals surface area contributed by atoms with Crippen LogP contribution in [0.4, 0.5) is 0 Å². The second-order valence-electron chi connectivity index (χ2n) is 2.68. The van der Waals surface area contributed by atoms with E-state index in [4.69, 9.17) is 0 Å². The fourth-order valence-corrected chi connectivity index (χ4v) is 0.814.